The Morgan fingerprint density at radius 2 is 2.06 bits per heavy atom. The summed E-state index contributed by atoms with van der Waals surface area (Å²) in [5.74, 6) is 0.898. The molecule has 0 spiro atoms. The van der Waals surface area contributed by atoms with Crippen LogP contribution in [0, 0.1) is 11.3 Å². The lowest BCUT2D eigenvalue weighted by Crippen LogP contribution is -2.43. The van der Waals surface area contributed by atoms with Gasteiger partial charge in [-0.2, -0.15) is 0 Å². The van der Waals surface area contributed by atoms with Crippen molar-refractivity contribution in [2.45, 2.75) is 26.2 Å². The molecule has 1 unspecified atom stereocenters. The maximum absolute atomic E-state index is 3.47. The molecule has 2 fully saturated rings. The van der Waals surface area contributed by atoms with E-state index in [2.05, 4.69) is 36.1 Å². The molecule has 17 heavy (non-hydrogen) atoms. The summed E-state index contributed by atoms with van der Waals surface area (Å²) in [4.78, 5) is 5.04. The molecule has 0 amide bonds. The minimum atomic E-state index is 0.546. The third-order valence-corrected chi connectivity index (χ3v) is 4.52. The Labute approximate surface area is 107 Å². The van der Waals surface area contributed by atoms with Crippen LogP contribution < -0.4 is 5.32 Å². The Bertz CT molecular complexity index is 236. The first-order chi connectivity index (χ1) is 8.07. The van der Waals surface area contributed by atoms with Crippen LogP contribution in [0.15, 0.2) is 0 Å². The van der Waals surface area contributed by atoms with Gasteiger partial charge in [0, 0.05) is 19.6 Å². The van der Waals surface area contributed by atoms with Gasteiger partial charge in [-0.05, 0) is 64.3 Å². The molecule has 2 heterocycles. The van der Waals surface area contributed by atoms with Crippen LogP contribution in [0.3, 0.4) is 0 Å². The molecule has 2 aliphatic heterocycles. The summed E-state index contributed by atoms with van der Waals surface area (Å²) < 4.78 is 0. The van der Waals surface area contributed by atoms with E-state index in [4.69, 9.17) is 0 Å². The first-order valence-electron chi connectivity index (χ1n) is 7.15. The molecule has 1 N–H and O–H groups in total. The standard InChI is InChI=1S/C14H29N3/c1-14(5-7-15-8-6-14)12-17(3)11-13-4-9-16(2)10-13/h13,15H,4-12H2,1-3H3. The van der Waals surface area contributed by atoms with Gasteiger partial charge in [0.2, 0.25) is 0 Å². The molecule has 2 aliphatic rings. The third kappa shape index (κ3) is 3.94. The Kier molecular flexibility index (Phi) is 4.45. The maximum atomic E-state index is 3.47. The van der Waals surface area contributed by atoms with Gasteiger partial charge in [-0.3, -0.25) is 0 Å². The lowest BCUT2D eigenvalue weighted by atomic mass is 9.80. The minimum absolute atomic E-state index is 0.546. The monoisotopic (exact) mass is 239 g/mol. The molecule has 2 rings (SSSR count). The zero-order chi connectivity index (χ0) is 12.3. The molecule has 0 aliphatic carbocycles. The van der Waals surface area contributed by atoms with E-state index in [9.17, 15) is 0 Å². The molecule has 0 bridgehead atoms. The van der Waals surface area contributed by atoms with E-state index in [1.165, 1.54) is 58.5 Å². The van der Waals surface area contributed by atoms with Gasteiger partial charge < -0.3 is 15.1 Å². The van der Waals surface area contributed by atoms with Crippen LogP contribution >= 0.6 is 0 Å². The lowest BCUT2D eigenvalue weighted by Gasteiger charge is -2.38. The van der Waals surface area contributed by atoms with E-state index in [1.807, 2.05) is 0 Å². The quantitative estimate of drug-likeness (QED) is 0.797. The van der Waals surface area contributed by atoms with Gasteiger partial charge in [0.25, 0.3) is 0 Å². The summed E-state index contributed by atoms with van der Waals surface area (Å²) in [6.07, 6.45) is 4.06. The average molecular weight is 239 g/mol. The summed E-state index contributed by atoms with van der Waals surface area (Å²) >= 11 is 0. The topological polar surface area (TPSA) is 18.5 Å². The number of hydrogen-bond acceptors (Lipinski definition) is 3. The molecule has 0 aromatic carbocycles. The number of likely N-dealkylation sites (tertiary alicyclic amines) is 1. The third-order valence-electron chi connectivity index (χ3n) is 4.52. The highest BCUT2D eigenvalue weighted by Gasteiger charge is 2.29. The van der Waals surface area contributed by atoms with E-state index >= 15 is 0 Å². The maximum Gasteiger partial charge on any atom is 0.00334 e. The van der Waals surface area contributed by atoms with Crippen molar-refractivity contribution in [1.82, 2.24) is 15.1 Å². The number of hydrogen-bond donors (Lipinski definition) is 1. The van der Waals surface area contributed by atoms with Crippen LogP contribution in [0.5, 0.6) is 0 Å². The molecule has 2 saturated heterocycles. The van der Waals surface area contributed by atoms with Crippen molar-refractivity contribution < 1.29 is 0 Å². The first kappa shape index (κ1) is 13.3. The highest BCUT2D eigenvalue weighted by atomic mass is 15.2. The number of piperidine rings is 1. The summed E-state index contributed by atoms with van der Waals surface area (Å²) in [5, 5.41) is 3.47. The molecule has 0 saturated carbocycles. The van der Waals surface area contributed by atoms with Gasteiger partial charge in [0.15, 0.2) is 0 Å². The van der Waals surface area contributed by atoms with Crippen LogP contribution in [0.1, 0.15) is 26.2 Å². The van der Waals surface area contributed by atoms with E-state index in [0.29, 0.717) is 5.41 Å². The van der Waals surface area contributed by atoms with Crippen LogP contribution in [0.2, 0.25) is 0 Å². The van der Waals surface area contributed by atoms with Gasteiger partial charge >= 0.3 is 0 Å². The number of nitrogens with one attached hydrogen (secondary N) is 1. The largest absolute Gasteiger partial charge is 0.317 e. The predicted molar refractivity (Wildman–Crippen MR) is 73.3 cm³/mol. The molecule has 0 aromatic heterocycles. The van der Waals surface area contributed by atoms with Gasteiger partial charge in [-0.1, -0.05) is 6.92 Å². The second-order valence-corrected chi connectivity index (χ2v) is 6.67. The molecular weight excluding hydrogens is 210 g/mol. The molecule has 0 radical (unpaired) electrons. The van der Waals surface area contributed by atoms with Crippen molar-refractivity contribution >= 4 is 0 Å². The summed E-state index contributed by atoms with van der Waals surface area (Å²) in [6.45, 7) is 10.0. The van der Waals surface area contributed by atoms with Gasteiger partial charge in [-0.25, -0.2) is 0 Å². The van der Waals surface area contributed by atoms with Gasteiger partial charge in [-0.15, -0.1) is 0 Å². The SMILES string of the molecule is CN1CCC(CN(C)CC2(C)CCNCC2)C1. The zero-order valence-electron chi connectivity index (χ0n) is 11.8. The van der Waals surface area contributed by atoms with Crippen molar-refractivity contribution in [2.75, 3.05) is 53.4 Å². The molecule has 0 aromatic rings. The summed E-state index contributed by atoms with van der Waals surface area (Å²) in [6, 6.07) is 0. The fourth-order valence-corrected chi connectivity index (χ4v) is 3.52. The Hall–Kier alpha value is -0.120. The normalized spacial score (nSPS) is 30.0. The number of nitrogens with zero attached hydrogens (tertiary/aromatic N) is 2. The summed E-state index contributed by atoms with van der Waals surface area (Å²) in [7, 11) is 4.56. The van der Waals surface area contributed by atoms with E-state index in [1.54, 1.807) is 0 Å². The highest BCUT2D eigenvalue weighted by Crippen LogP contribution is 2.29. The summed E-state index contributed by atoms with van der Waals surface area (Å²) in [5.41, 5.74) is 0.546. The number of rotatable bonds is 4. The molecule has 1 atom stereocenters. The van der Waals surface area contributed by atoms with E-state index in [-0.39, 0.29) is 0 Å². The predicted octanol–water partition coefficient (Wildman–Crippen LogP) is 1.26. The second kappa shape index (κ2) is 5.68. The van der Waals surface area contributed by atoms with Crippen LogP contribution in [0.25, 0.3) is 0 Å². The fraction of sp³-hybridized carbons (Fsp3) is 1.00. The van der Waals surface area contributed by atoms with Crippen LogP contribution in [-0.2, 0) is 0 Å². The lowest BCUT2D eigenvalue weighted by molar-refractivity contribution is 0.135. The van der Waals surface area contributed by atoms with Crippen molar-refractivity contribution in [3.05, 3.63) is 0 Å². The van der Waals surface area contributed by atoms with Crippen LogP contribution in [-0.4, -0.2) is 63.2 Å². The molecule has 3 nitrogen and oxygen atoms in total. The Morgan fingerprint density at radius 3 is 2.65 bits per heavy atom. The average Bonchev–Trinajstić information content (AvgIpc) is 2.63. The van der Waals surface area contributed by atoms with Gasteiger partial charge in [0.05, 0.1) is 0 Å². The van der Waals surface area contributed by atoms with Gasteiger partial charge in [0.1, 0.15) is 0 Å². The molecular formula is C14H29N3. The fourth-order valence-electron chi connectivity index (χ4n) is 3.52. The van der Waals surface area contributed by atoms with E-state index < -0.39 is 0 Å². The minimum Gasteiger partial charge on any atom is -0.317 e. The van der Waals surface area contributed by atoms with E-state index in [0.717, 1.165) is 5.92 Å². The van der Waals surface area contributed by atoms with Crippen molar-refractivity contribution in [3.8, 4) is 0 Å². The highest BCUT2D eigenvalue weighted by molar-refractivity contribution is 4.84. The second-order valence-electron chi connectivity index (χ2n) is 6.67. The first-order valence-corrected chi connectivity index (χ1v) is 7.15. The molecule has 100 valence electrons. The van der Waals surface area contributed by atoms with Crippen molar-refractivity contribution in [1.29, 1.82) is 0 Å². The molecule has 3 heteroatoms. The Morgan fingerprint density at radius 1 is 1.35 bits per heavy atom. The van der Waals surface area contributed by atoms with Crippen LogP contribution in [0.4, 0.5) is 0 Å². The zero-order valence-corrected chi connectivity index (χ0v) is 11.8. The Balaban J connectivity index is 1.74. The van der Waals surface area contributed by atoms with Crippen molar-refractivity contribution in [2.24, 2.45) is 11.3 Å². The smallest absolute Gasteiger partial charge is 0.00334 e. The van der Waals surface area contributed by atoms with Crippen molar-refractivity contribution in [3.63, 3.8) is 0 Å².